The van der Waals surface area contributed by atoms with Crippen LogP contribution in [0.5, 0.6) is 5.75 Å². The molecule has 0 amide bonds. The van der Waals surface area contributed by atoms with E-state index >= 15 is 0 Å². The van der Waals surface area contributed by atoms with Gasteiger partial charge in [0.2, 0.25) is 0 Å². The summed E-state index contributed by atoms with van der Waals surface area (Å²) < 4.78 is 31.0. The third-order valence-corrected chi connectivity index (χ3v) is 4.98. The van der Waals surface area contributed by atoms with Crippen LogP contribution in [0.15, 0.2) is 47.3 Å². The molecule has 1 aliphatic rings. The van der Waals surface area contributed by atoms with Crippen molar-refractivity contribution >= 4 is 21.8 Å². The lowest BCUT2D eigenvalue weighted by atomic mass is 10.0. The second-order valence-corrected chi connectivity index (χ2v) is 6.95. The van der Waals surface area contributed by atoms with Crippen molar-refractivity contribution < 1.29 is 28.2 Å². The number of carboxylic acid groups (broad SMARTS) is 1. The zero-order valence-electron chi connectivity index (χ0n) is 13.1. The predicted octanol–water partition coefficient (Wildman–Crippen LogP) is 1.28. The summed E-state index contributed by atoms with van der Waals surface area (Å²) in [5, 5.41) is 18.7. The Bertz CT molecular complexity index is 980. The van der Waals surface area contributed by atoms with Gasteiger partial charge in [-0.2, -0.15) is 8.42 Å². The Morgan fingerprint density at radius 3 is 2.52 bits per heavy atom. The van der Waals surface area contributed by atoms with Crippen molar-refractivity contribution in [2.75, 3.05) is 7.11 Å². The number of carboxylic acids is 1. The van der Waals surface area contributed by atoms with E-state index in [2.05, 4.69) is 4.98 Å². The minimum atomic E-state index is -4.14. The first-order valence-corrected chi connectivity index (χ1v) is 8.61. The van der Waals surface area contributed by atoms with E-state index in [-0.39, 0.29) is 5.56 Å². The number of carbonyl (C=O) groups is 1. The number of hydrogen-bond acceptors (Lipinski definition) is 6. The summed E-state index contributed by atoms with van der Waals surface area (Å²) in [5.41, 5.74) is 0.608. The topological polar surface area (TPSA) is 126 Å². The van der Waals surface area contributed by atoms with Crippen molar-refractivity contribution in [2.24, 2.45) is 0 Å². The largest absolute Gasteiger partial charge is 0.505 e. The molecule has 2 aromatic rings. The molecule has 2 heterocycles. The van der Waals surface area contributed by atoms with Gasteiger partial charge in [-0.25, -0.2) is 9.78 Å². The quantitative estimate of drug-likeness (QED) is 0.748. The molecule has 0 spiro atoms. The highest BCUT2D eigenvalue weighted by Crippen LogP contribution is 2.29. The molecule has 3 rings (SSSR count). The molecular weight excluding hydrogens is 348 g/mol. The maximum Gasteiger partial charge on any atom is 0.356 e. The van der Waals surface area contributed by atoms with Crippen LogP contribution in [0.25, 0.3) is 5.76 Å². The number of sulfonamides is 1. The highest BCUT2D eigenvalue weighted by atomic mass is 32.2. The number of methoxy groups -OCH3 is 1. The first-order chi connectivity index (χ1) is 11.8. The molecule has 0 saturated heterocycles. The minimum absolute atomic E-state index is 0.137. The third kappa shape index (κ3) is 3.13. The normalized spacial score (nSPS) is 15.2. The van der Waals surface area contributed by atoms with Gasteiger partial charge in [0.25, 0.3) is 10.0 Å². The number of aliphatic hydroxyl groups is 1. The number of rotatable bonds is 4. The van der Waals surface area contributed by atoms with Crippen LogP contribution in [0.2, 0.25) is 0 Å². The van der Waals surface area contributed by atoms with Gasteiger partial charge in [0.05, 0.1) is 12.7 Å². The number of nitrogens with zero attached hydrogens (tertiary/aromatic N) is 1. The number of aliphatic hydroxyl groups excluding tert-OH is 1. The third-order valence-electron chi connectivity index (χ3n) is 3.67. The standard InChI is InChI=1S/C16H14N2O6S/c1-24-11-4-2-9(3-5-11)6-10-7-12-14(19)13(16(20)21)18-25(22,23)15(12)17-8-10/h2-5,7-8,18-19H,6H2,1H3,(H,20,21). The number of nitrogens with one attached hydrogen (secondary N) is 1. The summed E-state index contributed by atoms with van der Waals surface area (Å²) in [7, 11) is -2.58. The highest BCUT2D eigenvalue weighted by Gasteiger charge is 2.34. The minimum Gasteiger partial charge on any atom is -0.505 e. The van der Waals surface area contributed by atoms with Gasteiger partial charge in [-0.05, 0) is 35.7 Å². The average Bonchev–Trinajstić information content (AvgIpc) is 2.58. The van der Waals surface area contributed by atoms with E-state index in [9.17, 15) is 18.3 Å². The lowest BCUT2D eigenvalue weighted by molar-refractivity contribution is -0.132. The predicted molar refractivity (Wildman–Crippen MR) is 87.5 cm³/mol. The number of ether oxygens (including phenoxy) is 1. The van der Waals surface area contributed by atoms with Crippen LogP contribution < -0.4 is 9.46 Å². The first kappa shape index (κ1) is 16.8. The summed E-state index contributed by atoms with van der Waals surface area (Å²) in [4.78, 5) is 15.0. The van der Waals surface area contributed by atoms with Crippen molar-refractivity contribution in [2.45, 2.75) is 11.4 Å². The van der Waals surface area contributed by atoms with Gasteiger partial charge < -0.3 is 14.9 Å². The molecule has 0 fully saturated rings. The summed E-state index contributed by atoms with van der Waals surface area (Å²) >= 11 is 0. The molecule has 0 atom stereocenters. The molecule has 0 unspecified atom stereocenters. The lowest BCUT2D eigenvalue weighted by Crippen LogP contribution is -2.33. The van der Waals surface area contributed by atoms with Gasteiger partial charge in [0, 0.05) is 6.20 Å². The molecule has 9 heteroatoms. The number of fused-ring (bicyclic) bond motifs is 1. The molecule has 0 radical (unpaired) electrons. The van der Waals surface area contributed by atoms with Crippen LogP contribution in [0.1, 0.15) is 16.7 Å². The Kier molecular flexibility index (Phi) is 4.09. The van der Waals surface area contributed by atoms with Crippen LogP contribution in [-0.4, -0.2) is 36.7 Å². The van der Waals surface area contributed by atoms with Crippen LogP contribution >= 0.6 is 0 Å². The summed E-state index contributed by atoms with van der Waals surface area (Å²) in [6, 6.07) is 8.68. The van der Waals surface area contributed by atoms with Gasteiger partial charge in [0.1, 0.15) is 5.75 Å². The lowest BCUT2D eigenvalue weighted by Gasteiger charge is -2.19. The molecule has 8 nitrogen and oxygen atoms in total. The Hall–Kier alpha value is -3.07. The van der Waals surface area contributed by atoms with Gasteiger partial charge in [-0.1, -0.05) is 12.1 Å². The molecule has 130 valence electrons. The van der Waals surface area contributed by atoms with E-state index in [0.29, 0.717) is 17.7 Å². The Balaban J connectivity index is 2.02. The number of pyridine rings is 1. The van der Waals surface area contributed by atoms with Gasteiger partial charge in [0.15, 0.2) is 16.5 Å². The van der Waals surface area contributed by atoms with Crippen molar-refractivity contribution in [1.82, 2.24) is 9.71 Å². The number of hydrogen-bond donors (Lipinski definition) is 3. The van der Waals surface area contributed by atoms with Crippen LogP contribution in [0, 0.1) is 0 Å². The average molecular weight is 362 g/mol. The molecular formula is C16H14N2O6S. The molecule has 1 aromatic heterocycles. The number of aromatic nitrogens is 1. The summed E-state index contributed by atoms with van der Waals surface area (Å²) in [6.45, 7) is 0. The Labute approximate surface area is 143 Å². The molecule has 0 saturated carbocycles. The number of benzene rings is 1. The van der Waals surface area contributed by atoms with Crippen molar-refractivity contribution in [1.29, 1.82) is 0 Å². The summed E-state index contributed by atoms with van der Waals surface area (Å²) in [6.07, 6.45) is 1.80. The molecule has 3 N–H and O–H groups in total. The van der Waals surface area contributed by atoms with E-state index in [1.165, 1.54) is 12.3 Å². The fraction of sp³-hybridized carbons (Fsp3) is 0.125. The van der Waals surface area contributed by atoms with Gasteiger partial charge in [-0.15, -0.1) is 0 Å². The van der Waals surface area contributed by atoms with E-state index in [0.717, 1.165) is 5.56 Å². The second-order valence-electron chi connectivity index (χ2n) is 5.36. The van der Waals surface area contributed by atoms with Crippen LogP contribution in [-0.2, 0) is 21.2 Å². The zero-order chi connectivity index (χ0) is 18.2. The van der Waals surface area contributed by atoms with Gasteiger partial charge in [-0.3, -0.25) is 4.72 Å². The Morgan fingerprint density at radius 2 is 1.92 bits per heavy atom. The SMILES string of the molecule is COc1ccc(Cc2cnc3c(c2)C(O)=C(C(=O)O)NS3(=O)=O)cc1. The van der Waals surface area contributed by atoms with E-state index in [1.807, 2.05) is 12.1 Å². The molecule has 1 aliphatic heterocycles. The van der Waals surface area contributed by atoms with Crippen LogP contribution in [0.4, 0.5) is 0 Å². The highest BCUT2D eigenvalue weighted by molar-refractivity contribution is 7.89. The van der Waals surface area contributed by atoms with E-state index in [1.54, 1.807) is 24.0 Å². The smallest absolute Gasteiger partial charge is 0.356 e. The Morgan fingerprint density at radius 1 is 1.24 bits per heavy atom. The molecule has 25 heavy (non-hydrogen) atoms. The van der Waals surface area contributed by atoms with Crippen molar-refractivity contribution in [3.63, 3.8) is 0 Å². The maximum absolute atomic E-state index is 12.1. The van der Waals surface area contributed by atoms with Crippen molar-refractivity contribution in [3.8, 4) is 5.75 Å². The maximum atomic E-state index is 12.1. The monoisotopic (exact) mass is 362 g/mol. The van der Waals surface area contributed by atoms with Crippen LogP contribution in [0.3, 0.4) is 0 Å². The first-order valence-electron chi connectivity index (χ1n) is 7.13. The molecule has 1 aromatic carbocycles. The molecule has 0 bridgehead atoms. The number of aliphatic carboxylic acids is 1. The molecule has 0 aliphatic carbocycles. The van der Waals surface area contributed by atoms with Crippen molar-refractivity contribution in [3.05, 3.63) is 58.9 Å². The van der Waals surface area contributed by atoms with Gasteiger partial charge >= 0.3 is 5.97 Å². The summed E-state index contributed by atoms with van der Waals surface area (Å²) in [5.74, 6) is -1.54. The fourth-order valence-electron chi connectivity index (χ4n) is 2.47. The van der Waals surface area contributed by atoms with E-state index < -0.39 is 32.5 Å². The van der Waals surface area contributed by atoms with E-state index in [4.69, 9.17) is 9.84 Å². The second kappa shape index (κ2) is 6.10. The fourth-order valence-corrected chi connectivity index (χ4v) is 3.65. The zero-order valence-corrected chi connectivity index (χ0v) is 13.9.